The van der Waals surface area contributed by atoms with E-state index in [2.05, 4.69) is 15.4 Å². The molecule has 3 heterocycles. The number of hydrogen-bond donors (Lipinski definition) is 1. The van der Waals surface area contributed by atoms with Crippen molar-refractivity contribution in [2.24, 2.45) is 5.10 Å². The van der Waals surface area contributed by atoms with E-state index in [9.17, 15) is 9.59 Å². The molecule has 4 rings (SSSR count). The Kier molecular flexibility index (Phi) is 4.72. The van der Waals surface area contributed by atoms with Gasteiger partial charge in [0.05, 0.1) is 18.0 Å². The molecule has 0 saturated heterocycles. The lowest BCUT2D eigenvalue weighted by atomic mass is 9.99. The first kappa shape index (κ1) is 17.7. The Labute approximate surface area is 161 Å². The van der Waals surface area contributed by atoms with Crippen molar-refractivity contribution in [2.45, 2.75) is 19.4 Å². The van der Waals surface area contributed by atoms with Crippen LogP contribution in [0.15, 0.2) is 76.7 Å². The quantitative estimate of drug-likeness (QED) is 0.755. The van der Waals surface area contributed by atoms with Gasteiger partial charge in [0.2, 0.25) is 5.91 Å². The predicted molar refractivity (Wildman–Crippen MR) is 104 cm³/mol. The first-order valence-electron chi connectivity index (χ1n) is 8.84. The zero-order valence-electron chi connectivity index (χ0n) is 15.2. The second kappa shape index (κ2) is 7.48. The largest absolute Gasteiger partial charge is 0.459 e. The van der Waals surface area contributed by atoms with Gasteiger partial charge in [-0.3, -0.25) is 14.6 Å². The molecule has 1 aliphatic heterocycles. The highest BCUT2D eigenvalue weighted by atomic mass is 16.3. The Balaban J connectivity index is 1.70. The van der Waals surface area contributed by atoms with Gasteiger partial charge in [-0.25, -0.2) is 5.01 Å². The minimum Gasteiger partial charge on any atom is -0.459 e. The molecule has 0 saturated carbocycles. The first-order chi connectivity index (χ1) is 13.6. The van der Waals surface area contributed by atoms with E-state index in [0.29, 0.717) is 12.1 Å². The maximum atomic E-state index is 12.9. The minimum absolute atomic E-state index is 0.145. The third-order valence-corrected chi connectivity index (χ3v) is 4.44. The van der Waals surface area contributed by atoms with E-state index in [-0.39, 0.29) is 23.6 Å². The molecule has 7 nitrogen and oxygen atoms in total. The first-order valence-corrected chi connectivity index (χ1v) is 8.84. The molecule has 0 fully saturated rings. The molecule has 0 spiro atoms. The normalized spacial score (nSPS) is 16.0. The molecule has 1 aromatic carbocycles. The van der Waals surface area contributed by atoms with E-state index in [4.69, 9.17) is 4.42 Å². The van der Waals surface area contributed by atoms with Crippen LogP contribution in [0.1, 0.15) is 41.1 Å². The molecule has 1 N–H and O–H groups in total. The SMILES string of the molecule is CC(=O)Nc1cccc(C2=NN(C(=O)c3ccco3)[C@H](c3cccnc3)C2)c1. The number of pyridine rings is 1. The zero-order valence-corrected chi connectivity index (χ0v) is 15.2. The third-order valence-electron chi connectivity index (χ3n) is 4.44. The summed E-state index contributed by atoms with van der Waals surface area (Å²) in [5.41, 5.74) is 3.16. The summed E-state index contributed by atoms with van der Waals surface area (Å²) in [6, 6.07) is 14.2. The molecule has 0 bridgehead atoms. The number of hydrogen-bond acceptors (Lipinski definition) is 5. The molecule has 0 radical (unpaired) electrons. The summed E-state index contributed by atoms with van der Waals surface area (Å²) < 4.78 is 5.27. The topological polar surface area (TPSA) is 87.8 Å². The van der Waals surface area contributed by atoms with Crippen molar-refractivity contribution >= 4 is 23.2 Å². The van der Waals surface area contributed by atoms with Crippen molar-refractivity contribution in [3.8, 4) is 0 Å². The van der Waals surface area contributed by atoms with Gasteiger partial charge in [-0.1, -0.05) is 18.2 Å². The van der Waals surface area contributed by atoms with Crippen LogP contribution >= 0.6 is 0 Å². The highest BCUT2D eigenvalue weighted by Gasteiger charge is 2.34. The molecule has 1 atom stereocenters. The van der Waals surface area contributed by atoms with Gasteiger partial charge in [0, 0.05) is 31.4 Å². The zero-order chi connectivity index (χ0) is 19.5. The number of rotatable bonds is 4. The van der Waals surface area contributed by atoms with Gasteiger partial charge in [-0.15, -0.1) is 0 Å². The van der Waals surface area contributed by atoms with Crippen molar-refractivity contribution < 1.29 is 14.0 Å². The fourth-order valence-electron chi connectivity index (χ4n) is 3.20. The fraction of sp³-hybridized carbons (Fsp3) is 0.143. The summed E-state index contributed by atoms with van der Waals surface area (Å²) in [6.45, 7) is 1.46. The summed E-state index contributed by atoms with van der Waals surface area (Å²) in [6.07, 6.45) is 5.42. The highest BCUT2D eigenvalue weighted by Crippen LogP contribution is 2.34. The molecular weight excluding hydrogens is 356 g/mol. The lowest BCUT2D eigenvalue weighted by Crippen LogP contribution is -2.26. The molecule has 0 unspecified atom stereocenters. The molecule has 2 aromatic heterocycles. The van der Waals surface area contributed by atoms with E-state index >= 15 is 0 Å². The van der Waals surface area contributed by atoms with Crippen LogP contribution in [0.5, 0.6) is 0 Å². The summed E-state index contributed by atoms with van der Waals surface area (Å²) in [5, 5.41) is 8.80. The van der Waals surface area contributed by atoms with Crippen LogP contribution < -0.4 is 5.32 Å². The van der Waals surface area contributed by atoms with Crippen LogP contribution in [0.25, 0.3) is 0 Å². The monoisotopic (exact) mass is 374 g/mol. The highest BCUT2D eigenvalue weighted by molar-refractivity contribution is 6.05. The maximum Gasteiger partial charge on any atom is 0.310 e. The van der Waals surface area contributed by atoms with Crippen molar-refractivity contribution in [2.75, 3.05) is 5.32 Å². The van der Waals surface area contributed by atoms with E-state index in [0.717, 1.165) is 16.8 Å². The van der Waals surface area contributed by atoms with Crippen LogP contribution in [-0.2, 0) is 4.79 Å². The molecule has 7 heteroatoms. The average molecular weight is 374 g/mol. The van der Waals surface area contributed by atoms with Crippen LogP contribution in [-0.4, -0.2) is 27.5 Å². The van der Waals surface area contributed by atoms with Crippen LogP contribution in [0.4, 0.5) is 5.69 Å². The second-order valence-corrected chi connectivity index (χ2v) is 6.44. The minimum atomic E-state index is -0.313. The molecule has 2 amide bonds. The number of carbonyl (C=O) groups is 2. The van der Waals surface area contributed by atoms with Gasteiger partial charge in [0.1, 0.15) is 0 Å². The van der Waals surface area contributed by atoms with Crippen molar-refractivity contribution in [1.29, 1.82) is 0 Å². The smallest absolute Gasteiger partial charge is 0.310 e. The predicted octanol–water partition coefficient (Wildman–Crippen LogP) is 3.62. The fourth-order valence-corrected chi connectivity index (χ4v) is 3.20. The average Bonchev–Trinajstić information content (AvgIpc) is 3.38. The molecule has 140 valence electrons. The maximum absolute atomic E-state index is 12.9. The molecule has 28 heavy (non-hydrogen) atoms. The summed E-state index contributed by atoms with van der Waals surface area (Å²) >= 11 is 0. The van der Waals surface area contributed by atoms with Gasteiger partial charge in [0.25, 0.3) is 0 Å². The summed E-state index contributed by atoms with van der Waals surface area (Å²) in [7, 11) is 0. The number of nitrogens with zero attached hydrogens (tertiary/aromatic N) is 3. The van der Waals surface area contributed by atoms with Gasteiger partial charge in [-0.05, 0) is 41.5 Å². The standard InChI is InChI=1S/C21H18N4O3/c1-14(26)23-17-7-2-5-15(11-17)18-12-19(16-6-3-9-22-13-16)25(24-18)21(27)20-8-4-10-28-20/h2-11,13,19H,12H2,1H3,(H,23,26)/t19-/m0/s1. The van der Waals surface area contributed by atoms with Gasteiger partial charge in [-0.2, -0.15) is 5.10 Å². The van der Waals surface area contributed by atoms with E-state index in [1.165, 1.54) is 18.2 Å². The number of hydrazone groups is 1. The molecule has 0 aliphatic carbocycles. The molecule has 3 aromatic rings. The third kappa shape index (κ3) is 3.55. The van der Waals surface area contributed by atoms with Crippen LogP contribution in [0.2, 0.25) is 0 Å². The number of benzene rings is 1. The van der Waals surface area contributed by atoms with Gasteiger partial charge >= 0.3 is 5.91 Å². The van der Waals surface area contributed by atoms with Crippen LogP contribution in [0, 0.1) is 0 Å². The Morgan fingerprint density at radius 2 is 2.07 bits per heavy atom. The number of nitrogens with one attached hydrogen (secondary N) is 1. The van der Waals surface area contributed by atoms with E-state index < -0.39 is 0 Å². The Hall–Kier alpha value is -3.74. The van der Waals surface area contributed by atoms with Crippen molar-refractivity contribution in [3.05, 3.63) is 84.1 Å². The van der Waals surface area contributed by atoms with E-state index in [1.54, 1.807) is 24.5 Å². The summed E-state index contributed by atoms with van der Waals surface area (Å²) in [4.78, 5) is 28.4. The summed E-state index contributed by atoms with van der Waals surface area (Å²) in [5.74, 6) is -0.230. The van der Waals surface area contributed by atoms with Gasteiger partial charge in [0.15, 0.2) is 5.76 Å². The Morgan fingerprint density at radius 1 is 1.18 bits per heavy atom. The van der Waals surface area contributed by atoms with Crippen molar-refractivity contribution in [3.63, 3.8) is 0 Å². The number of amides is 2. The van der Waals surface area contributed by atoms with Crippen molar-refractivity contribution in [1.82, 2.24) is 9.99 Å². The van der Waals surface area contributed by atoms with E-state index in [1.807, 2.05) is 36.4 Å². The Bertz CT molecular complexity index is 1030. The number of carbonyl (C=O) groups excluding carboxylic acids is 2. The number of aromatic nitrogens is 1. The lowest BCUT2D eigenvalue weighted by molar-refractivity contribution is -0.114. The Morgan fingerprint density at radius 3 is 2.79 bits per heavy atom. The molecule has 1 aliphatic rings. The van der Waals surface area contributed by atoms with Crippen LogP contribution in [0.3, 0.4) is 0 Å². The lowest BCUT2D eigenvalue weighted by Gasteiger charge is -2.20. The molecular formula is C21H18N4O3. The number of furan rings is 1. The second-order valence-electron chi connectivity index (χ2n) is 6.44. The number of anilines is 1. The van der Waals surface area contributed by atoms with Gasteiger partial charge < -0.3 is 9.73 Å².